The molecule has 0 aliphatic carbocycles. The Bertz CT molecular complexity index is 564. The van der Waals surface area contributed by atoms with Crippen LogP contribution in [0.4, 0.5) is 4.79 Å². The summed E-state index contributed by atoms with van der Waals surface area (Å²) in [4.78, 5) is 23.0. The van der Waals surface area contributed by atoms with E-state index in [0.29, 0.717) is 12.8 Å². The van der Waals surface area contributed by atoms with Crippen molar-refractivity contribution in [2.45, 2.75) is 57.8 Å². The van der Waals surface area contributed by atoms with Crippen molar-refractivity contribution in [2.75, 3.05) is 7.11 Å². The van der Waals surface area contributed by atoms with Crippen LogP contribution in [0.15, 0.2) is 24.3 Å². The molecule has 0 aliphatic rings. The lowest BCUT2D eigenvalue weighted by atomic mass is 10.0. The Labute approximate surface area is 147 Å². The molecule has 0 saturated heterocycles. The number of rotatable bonds is 8. The largest absolute Gasteiger partial charge is 0.497 e. The van der Waals surface area contributed by atoms with Gasteiger partial charge in [0.05, 0.1) is 13.2 Å². The molecule has 1 aromatic rings. The van der Waals surface area contributed by atoms with E-state index in [1.807, 2.05) is 24.3 Å². The summed E-state index contributed by atoms with van der Waals surface area (Å²) >= 11 is 0. The van der Waals surface area contributed by atoms with Crippen LogP contribution in [0.1, 0.15) is 39.2 Å². The molecule has 1 rings (SSSR count). The van der Waals surface area contributed by atoms with Gasteiger partial charge in [0.1, 0.15) is 11.4 Å². The number of carbonyl (C=O) groups is 2. The van der Waals surface area contributed by atoms with Crippen LogP contribution in [0, 0.1) is 0 Å². The van der Waals surface area contributed by atoms with E-state index >= 15 is 0 Å². The van der Waals surface area contributed by atoms with E-state index in [1.54, 1.807) is 27.9 Å². The Morgan fingerprint density at radius 3 is 2.28 bits per heavy atom. The third-order valence-electron chi connectivity index (χ3n) is 3.45. The Hall–Kier alpha value is -2.28. The number of methoxy groups -OCH3 is 1. The van der Waals surface area contributed by atoms with Crippen LogP contribution < -0.4 is 10.1 Å². The van der Waals surface area contributed by atoms with Crippen molar-refractivity contribution in [1.29, 1.82) is 0 Å². The maximum atomic E-state index is 11.7. The van der Waals surface area contributed by atoms with Gasteiger partial charge in [-0.15, -0.1) is 0 Å². The van der Waals surface area contributed by atoms with Crippen LogP contribution >= 0.6 is 0 Å². The fourth-order valence-electron chi connectivity index (χ4n) is 2.23. The molecule has 7 nitrogen and oxygen atoms in total. The SMILES string of the molecule is COc1ccc(CCCC(O)C(NC(=O)OC(C)(C)C)C(=O)O)cc1. The second kappa shape index (κ2) is 9.27. The molecule has 25 heavy (non-hydrogen) atoms. The number of carbonyl (C=O) groups excluding carboxylic acids is 1. The van der Waals surface area contributed by atoms with Crippen molar-refractivity contribution >= 4 is 12.1 Å². The highest BCUT2D eigenvalue weighted by Crippen LogP contribution is 2.15. The van der Waals surface area contributed by atoms with Crippen molar-refractivity contribution in [3.05, 3.63) is 29.8 Å². The maximum Gasteiger partial charge on any atom is 0.408 e. The third-order valence-corrected chi connectivity index (χ3v) is 3.45. The highest BCUT2D eigenvalue weighted by Gasteiger charge is 2.29. The normalized spacial score (nSPS) is 13.6. The first-order chi connectivity index (χ1) is 11.6. The van der Waals surface area contributed by atoms with E-state index in [2.05, 4.69) is 5.32 Å². The van der Waals surface area contributed by atoms with Crippen molar-refractivity contribution < 1.29 is 29.3 Å². The maximum absolute atomic E-state index is 11.7. The fraction of sp³-hybridized carbons (Fsp3) is 0.556. The minimum Gasteiger partial charge on any atom is -0.497 e. The first kappa shape index (κ1) is 20.8. The lowest BCUT2D eigenvalue weighted by Gasteiger charge is -2.24. The number of aliphatic carboxylic acids is 1. The van der Waals surface area contributed by atoms with E-state index in [0.717, 1.165) is 11.3 Å². The van der Waals surface area contributed by atoms with Gasteiger partial charge in [0.25, 0.3) is 0 Å². The molecule has 0 bridgehead atoms. The zero-order valence-electron chi connectivity index (χ0n) is 15.1. The van der Waals surface area contributed by atoms with Crippen LogP contribution in [-0.4, -0.2) is 47.1 Å². The quantitative estimate of drug-likeness (QED) is 0.663. The summed E-state index contributed by atoms with van der Waals surface area (Å²) in [5.74, 6) is -0.543. The molecule has 1 aromatic carbocycles. The molecule has 2 unspecified atom stereocenters. The number of aryl methyl sites for hydroxylation is 1. The van der Waals surface area contributed by atoms with Gasteiger partial charge in [0.2, 0.25) is 0 Å². The predicted octanol–water partition coefficient (Wildman–Crippen LogP) is 2.36. The number of alkyl carbamates (subject to hydrolysis) is 1. The summed E-state index contributed by atoms with van der Waals surface area (Å²) in [5, 5.41) is 21.5. The molecule has 0 saturated carbocycles. The number of benzene rings is 1. The number of hydrogen-bond donors (Lipinski definition) is 3. The van der Waals surface area contributed by atoms with Gasteiger partial charge < -0.3 is 25.0 Å². The Kier molecular flexibility index (Phi) is 7.70. The van der Waals surface area contributed by atoms with Crippen molar-refractivity contribution in [1.82, 2.24) is 5.32 Å². The standard InChI is InChI=1S/C18H27NO6/c1-18(2,3)25-17(23)19-15(16(21)22)14(20)7-5-6-12-8-10-13(24-4)11-9-12/h8-11,14-15,20H,5-7H2,1-4H3,(H,19,23)(H,21,22). The predicted molar refractivity (Wildman–Crippen MR) is 92.7 cm³/mol. The van der Waals surface area contributed by atoms with Gasteiger partial charge in [-0.05, 0) is 57.7 Å². The fourth-order valence-corrected chi connectivity index (χ4v) is 2.23. The van der Waals surface area contributed by atoms with Gasteiger partial charge in [-0.1, -0.05) is 12.1 Å². The Morgan fingerprint density at radius 2 is 1.80 bits per heavy atom. The molecule has 0 aromatic heterocycles. The zero-order valence-corrected chi connectivity index (χ0v) is 15.1. The number of hydrogen-bond acceptors (Lipinski definition) is 5. The minimum atomic E-state index is -1.41. The van der Waals surface area contributed by atoms with Gasteiger partial charge in [-0.3, -0.25) is 0 Å². The molecular formula is C18H27NO6. The number of aliphatic hydroxyl groups is 1. The second-order valence-electron chi connectivity index (χ2n) is 6.77. The van der Waals surface area contributed by atoms with Crippen molar-refractivity contribution in [3.63, 3.8) is 0 Å². The Balaban J connectivity index is 2.51. The molecular weight excluding hydrogens is 326 g/mol. The highest BCUT2D eigenvalue weighted by molar-refractivity contribution is 5.80. The number of ether oxygens (including phenoxy) is 2. The van der Waals surface area contributed by atoms with Crippen LogP contribution in [0.2, 0.25) is 0 Å². The number of aliphatic hydroxyl groups excluding tert-OH is 1. The average Bonchev–Trinajstić information content (AvgIpc) is 2.51. The van der Waals surface area contributed by atoms with E-state index in [4.69, 9.17) is 9.47 Å². The van der Waals surface area contributed by atoms with Crippen LogP contribution in [0.3, 0.4) is 0 Å². The summed E-state index contributed by atoms with van der Waals surface area (Å²) in [7, 11) is 1.59. The van der Waals surface area contributed by atoms with E-state index in [-0.39, 0.29) is 6.42 Å². The first-order valence-electron chi connectivity index (χ1n) is 8.15. The Morgan fingerprint density at radius 1 is 1.20 bits per heavy atom. The molecule has 3 N–H and O–H groups in total. The molecule has 2 atom stereocenters. The summed E-state index contributed by atoms with van der Waals surface area (Å²) in [5.41, 5.74) is 0.312. The van der Waals surface area contributed by atoms with Crippen LogP contribution in [-0.2, 0) is 16.0 Å². The van der Waals surface area contributed by atoms with E-state index in [9.17, 15) is 19.8 Å². The second-order valence-corrected chi connectivity index (χ2v) is 6.77. The summed E-state index contributed by atoms with van der Waals surface area (Å²) in [6, 6.07) is 6.11. The first-order valence-corrected chi connectivity index (χ1v) is 8.15. The highest BCUT2D eigenvalue weighted by atomic mass is 16.6. The number of nitrogens with one attached hydrogen (secondary N) is 1. The number of amides is 1. The van der Waals surface area contributed by atoms with Gasteiger partial charge in [0.15, 0.2) is 6.04 Å². The van der Waals surface area contributed by atoms with Gasteiger partial charge in [-0.25, -0.2) is 9.59 Å². The molecule has 1 amide bonds. The lowest BCUT2D eigenvalue weighted by Crippen LogP contribution is -2.50. The number of carboxylic acid groups (broad SMARTS) is 1. The minimum absolute atomic E-state index is 0.235. The monoisotopic (exact) mass is 353 g/mol. The summed E-state index contributed by atoms with van der Waals surface area (Å²) in [6.45, 7) is 5.02. The van der Waals surface area contributed by atoms with E-state index in [1.165, 1.54) is 0 Å². The zero-order chi connectivity index (χ0) is 19.0. The average molecular weight is 353 g/mol. The molecule has 0 radical (unpaired) electrons. The number of carboxylic acids is 1. The molecule has 0 fully saturated rings. The topological polar surface area (TPSA) is 105 Å². The van der Waals surface area contributed by atoms with Gasteiger partial charge in [0, 0.05) is 0 Å². The lowest BCUT2D eigenvalue weighted by molar-refractivity contribution is -0.142. The van der Waals surface area contributed by atoms with Gasteiger partial charge >= 0.3 is 12.1 Å². The third kappa shape index (κ3) is 7.89. The van der Waals surface area contributed by atoms with Gasteiger partial charge in [-0.2, -0.15) is 0 Å². The molecule has 7 heteroatoms. The smallest absolute Gasteiger partial charge is 0.408 e. The molecule has 140 valence electrons. The van der Waals surface area contributed by atoms with Crippen molar-refractivity contribution in [3.8, 4) is 5.75 Å². The molecule has 0 heterocycles. The van der Waals surface area contributed by atoms with Crippen LogP contribution in [0.5, 0.6) is 5.75 Å². The molecule has 0 aliphatic heterocycles. The van der Waals surface area contributed by atoms with Crippen molar-refractivity contribution in [2.24, 2.45) is 0 Å². The molecule has 0 spiro atoms. The summed E-state index contributed by atoms with van der Waals surface area (Å²) < 4.78 is 10.1. The summed E-state index contributed by atoms with van der Waals surface area (Å²) in [6.07, 6.45) is -0.580. The van der Waals surface area contributed by atoms with Crippen LogP contribution in [0.25, 0.3) is 0 Å². The van der Waals surface area contributed by atoms with E-state index < -0.39 is 29.8 Å².